The molecule has 0 aliphatic carbocycles. The van der Waals surface area contributed by atoms with Crippen LogP contribution in [-0.4, -0.2) is 46.4 Å². The molecule has 0 amide bonds. The fraction of sp³-hybridized carbons (Fsp3) is 0.750. The third kappa shape index (κ3) is 3.47. The normalized spacial score (nSPS) is 19.5. The van der Waals surface area contributed by atoms with Crippen molar-refractivity contribution in [2.45, 2.75) is 25.8 Å². The Balaban J connectivity index is 2.30. The number of aliphatic carboxylic acids is 1. The lowest BCUT2D eigenvalue weighted by Gasteiger charge is -2.31. The molecule has 0 radical (unpaired) electrons. The molecule has 1 heterocycles. The lowest BCUT2D eigenvalue weighted by molar-refractivity contribution is -0.729. The Morgan fingerprint density at radius 2 is 2.35 bits per heavy atom. The van der Waals surface area contributed by atoms with E-state index >= 15 is 0 Å². The average molecular weight is 247 g/mol. The summed E-state index contributed by atoms with van der Waals surface area (Å²) in [5, 5.41) is 23.9. The number of carboxylic acids is 1. The SMILES string of the molecule is CCC(=O)OCON=[N+]([O-])N1CCC1C(=O)O. The van der Waals surface area contributed by atoms with Gasteiger partial charge in [0.25, 0.3) is 6.79 Å². The topological polar surface area (TPSA) is 114 Å². The Bertz CT molecular complexity index is 331. The van der Waals surface area contributed by atoms with Crippen LogP contribution in [-0.2, 0) is 19.2 Å². The van der Waals surface area contributed by atoms with Crippen molar-refractivity contribution in [1.82, 2.24) is 5.01 Å². The number of rotatable bonds is 6. The van der Waals surface area contributed by atoms with Crippen molar-refractivity contribution < 1.29 is 29.2 Å². The van der Waals surface area contributed by atoms with Gasteiger partial charge in [-0.2, -0.15) is 0 Å². The molecule has 1 saturated heterocycles. The second-order valence-corrected chi connectivity index (χ2v) is 3.26. The van der Waals surface area contributed by atoms with Gasteiger partial charge in [0.05, 0.1) is 11.5 Å². The summed E-state index contributed by atoms with van der Waals surface area (Å²) in [4.78, 5) is 25.7. The van der Waals surface area contributed by atoms with Crippen LogP contribution in [0.5, 0.6) is 0 Å². The van der Waals surface area contributed by atoms with E-state index in [1.807, 2.05) is 0 Å². The van der Waals surface area contributed by atoms with Crippen molar-refractivity contribution in [1.29, 1.82) is 0 Å². The Hall–Kier alpha value is -2.06. The molecule has 1 N–H and O–H groups in total. The average Bonchev–Trinajstić information content (AvgIpc) is 2.21. The summed E-state index contributed by atoms with van der Waals surface area (Å²) in [6.45, 7) is 1.43. The lowest BCUT2D eigenvalue weighted by Crippen LogP contribution is -2.55. The standard InChI is InChI=1S/C8H13N3O6/c1-2-7(12)16-5-17-9-11(15)10-4-3-6(10)8(13)14/h6H,2-5H2,1H3,(H,13,14). The van der Waals surface area contributed by atoms with Crippen LogP contribution in [0, 0.1) is 5.21 Å². The van der Waals surface area contributed by atoms with Crippen LogP contribution in [0.1, 0.15) is 19.8 Å². The predicted octanol–water partition coefficient (Wildman–Crippen LogP) is -0.135. The second-order valence-electron chi connectivity index (χ2n) is 3.26. The van der Waals surface area contributed by atoms with E-state index in [1.54, 1.807) is 6.92 Å². The van der Waals surface area contributed by atoms with Gasteiger partial charge in [-0.1, -0.05) is 6.92 Å². The molecule has 96 valence electrons. The highest BCUT2D eigenvalue weighted by molar-refractivity contribution is 5.74. The molecule has 0 aromatic heterocycles. The monoisotopic (exact) mass is 247 g/mol. The van der Waals surface area contributed by atoms with Gasteiger partial charge in [0, 0.05) is 12.8 Å². The molecule has 0 saturated carbocycles. The summed E-state index contributed by atoms with van der Waals surface area (Å²) in [7, 11) is 0. The molecule has 1 rings (SSSR count). The van der Waals surface area contributed by atoms with Crippen LogP contribution in [0.25, 0.3) is 0 Å². The molecule has 1 atom stereocenters. The number of esters is 1. The summed E-state index contributed by atoms with van der Waals surface area (Å²) < 4.78 is 4.49. The fourth-order valence-electron chi connectivity index (χ4n) is 1.14. The van der Waals surface area contributed by atoms with Crippen molar-refractivity contribution in [3.05, 3.63) is 5.21 Å². The maximum atomic E-state index is 11.2. The van der Waals surface area contributed by atoms with Gasteiger partial charge in [-0.05, 0) is 0 Å². The Morgan fingerprint density at radius 1 is 1.65 bits per heavy atom. The van der Waals surface area contributed by atoms with Crippen LogP contribution in [0.3, 0.4) is 0 Å². The van der Waals surface area contributed by atoms with E-state index in [2.05, 4.69) is 14.9 Å². The van der Waals surface area contributed by atoms with E-state index < -0.39 is 24.8 Å². The highest BCUT2D eigenvalue weighted by atomic mass is 16.8. The number of hydrogen-bond donors (Lipinski definition) is 1. The van der Waals surface area contributed by atoms with Gasteiger partial charge in [-0.15, -0.1) is 5.01 Å². The first kappa shape index (κ1) is 13.0. The molecule has 0 bridgehead atoms. The molecule has 9 nitrogen and oxygen atoms in total. The van der Waals surface area contributed by atoms with E-state index in [0.717, 1.165) is 5.01 Å². The lowest BCUT2D eigenvalue weighted by atomic mass is 10.1. The smallest absolute Gasteiger partial charge is 0.332 e. The fourth-order valence-corrected chi connectivity index (χ4v) is 1.14. The molecular formula is C8H13N3O6. The zero-order chi connectivity index (χ0) is 12.8. The van der Waals surface area contributed by atoms with Crippen molar-refractivity contribution in [3.63, 3.8) is 0 Å². The minimum absolute atomic E-state index is 0.0437. The van der Waals surface area contributed by atoms with E-state index in [9.17, 15) is 14.8 Å². The maximum Gasteiger partial charge on any atom is 0.332 e. The van der Waals surface area contributed by atoms with Gasteiger partial charge >= 0.3 is 11.9 Å². The van der Waals surface area contributed by atoms with Crippen LogP contribution in [0.4, 0.5) is 0 Å². The molecule has 1 fully saturated rings. The van der Waals surface area contributed by atoms with Crippen molar-refractivity contribution in [2.24, 2.45) is 5.28 Å². The van der Waals surface area contributed by atoms with Crippen molar-refractivity contribution >= 4 is 11.9 Å². The van der Waals surface area contributed by atoms with Gasteiger partial charge in [0.15, 0.2) is 6.04 Å². The Labute approximate surface area is 96.7 Å². The molecule has 1 aliphatic rings. The predicted molar refractivity (Wildman–Crippen MR) is 51.1 cm³/mol. The number of carboxylic acid groups (broad SMARTS) is 1. The Kier molecular flexibility index (Phi) is 4.49. The number of hydrogen-bond acceptors (Lipinski definition) is 6. The van der Waals surface area contributed by atoms with Crippen LogP contribution in [0.15, 0.2) is 5.28 Å². The summed E-state index contributed by atoms with van der Waals surface area (Å²) >= 11 is 0. The number of nitrogens with zero attached hydrogens (tertiary/aromatic N) is 3. The number of ether oxygens (including phenoxy) is 1. The molecule has 17 heavy (non-hydrogen) atoms. The number of carbonyl (C=O) groups is 2. The highest BCUT2D eigenvalue weighted by Crippen LogP contribution is 2.17. The van der Waals surface area contributed by atoms with Gasteiger partial charge < -0.3 is 19.9 Å². The largest absolute Gasteiger partial charge is 0.569 e. The zero-order valence-corrected chi connectivity index (χ0v) is 9.24. The van der Waals surface area contributed by atoms with Gasteiger partial charge in [0.2, 0.25) is 5.28 Å². The first-order valence-corrected chi connectivity index (χ1v) is 5.01. The molecule has 0 aromatic carbocycles. The van der Waals surface area contributed by atoms with Crippen molar-refractivity contribution in [2.75, 3.05) is 13.3 Å². The maximum absolute atomic E-state index is 11.2. The summed E-state index contributed by atoms with van der Waals surface area (Å²) in [5.41, 5.74) is 0. The van der Waals surface area contributed by atoms with E-state index in [-0.39, 0.29) is 11.4 Å². The number of carbonyl (C=O) groups excluding carboxylic acids is 1. The first-order valence-electron chi connectivity index (χ1n) is 5.01. The Morgan fingerprint density at radius 3 is 2.82 bits per heavy atom. The molecule has 0 spiro atoms. The van der Waals surface area contributed by atoms with Gasteiger partial charge in [-0.25, -0.2) is 4.79 Å². The summed E-state index contributed by atoms with van der Waals surface area (Å²) in [6, 6.07) is -0.877. The zero-order valence-electron chi connectivity index (χ0n) is 9.24. The molecule has 1 unspecified atom stereocenters. The van der Waals surface area contributed by atoms with Crippen LogP contribution < -0.4 is 0 Å². The number of hydrazine groups is 1. The van der Waals surface area contributed by atoms with E-state index in [0.29, 0.717) is 13.0 Å². The van der Waals surface area contributed by atoms with Gasteiger partial charge in [-0.3, -0.25) is 4.79 Å². The van der Waals surface area contributed by atoms with E-state index in [1.165, 1.54) is 0 Å². The molecular weight excluding hydrogens is 234 g/mol. The quantitative estimate of drug-likeness (QED) is 0.173. The van der Waals surface area contributed by atoms with Crippen LogP contribution >= 0.6 is 0 Å². The minimum Gasteiger partial charge on any atom is -0.569 e. The van der Waals surface area contributed by atoms with Gasteiger partial charge in [0.1, 0.15) is 0 Å². The third-order valence-corrected chi connectivity index (χ3v) is 2.19. The molecule has 0 aromatic rings. The second kappa shape index (κ2) is 5.87. The minimum atomic E-state index is -1.09. The first-order chi connectivity index (χ1) is 8.06. The molecule has 9 heteroatoms. The summed E-state index contributed by atoms with van der Waals surface area (Å²) in [5.74, 6) is -1.57. The van der Waals surface area contributed by atoms with Crippen LogP contribution in [0.2, 0.25) is 0 Å². The highest BCUT2D eigenvalue weighted by Gasteiger charge is 2.41. The molecule has 1 aliphatic heterocycles. The van der Waals surface area contributed by atoms with Crippen molar-refractivity contribution in [3.8, 4) is 0 Å². The summed E-state index contributed by atoms with van der Waals surface area (Å²) in [6.07, 6.45) is 0.575. The van der Waals surface area contributed by atoms with E-state index in [4.69, 9.17) is 5.11 Å². The third-order valence-electron chi connectivity index (χ3n) is 2.19.